The van der Waals surface area contributed by atoms with E-state index in [9.17, 15) is 0 Å². The molecule has 2 aromatic rings. The standard InChI is InChI=1S/C14H19N5/c1-12(18-9-3-2-4-10-18)14-16-11-17-19(14)13-5-7-15-8-6-13/h5-8,11-12H,2-4,9-10H2,1H3/t12-/m1/s1. The Hall–Kier alpha value is -1.75. The van der Waals surface area contributed by atoms with Crippen LogP contribution in [0.25, 0.3) is 5.69 Å². The number of nitrogens with zero attached hydrogens (tertiary/aromatic N) is 5. The van der Waals surface area contributed by atoms with E-state index < -0.39 is 0 Å². The summed E-state index contributed by atoms with van der Waals surface area (Å²) in [6.07, 6.45) is 9.12. The second kappa shape index (κ2) is 5.48. The lowest BCUT2D eigenvalue weighted by atomic mass is 10.1. The zero-order chi connectivity index (χ0) is 13.1. The van der Waals surface area contributed by atoms with Gasteiger partial charge in [0.15, 0.2) is 0 Å². The topological polar surface area (TPSA) is 46.8 Å². The highest BCUT2D eigenvalue weighted by Gasteiger charge is 2.22. The predicted molar refractivity (Wildman–Crippen MR) is 73.0 cm³/mol. The van der Waals surface area contributed by atoms with Gasteiger partial charge >= 0.3 is 0 Å². The monoisotopic (exact) mass is 257 g/mol. The highest BCUT2D eigenvalue weighted by Crippen LogP contribution is 2.23. The van der Waals surface area contributed by atoms with Gasteiger partial charge in [-0.2, -0.15) is 5.10 Å². The molecule has 0 saturated carbocycles. The van der Waals surface area contributed by atoms with Crippen LogP contribution in [0.15, 0.2) is 30.9 Å². The molecular weight excluding hydrogens is 238 g/mol. The predicted octanol–water partition coefficient (Wildman–Crippen LogP) is 2.21. The van der Waals surface area contributed by atoms with Crippen molar-refractivity contribution in [2.75, 3.05) is 13.1 Å². The van der Waals surface area contributed by atoms with Gasteiger partial charge in [0, 0.05) is 12.4 Å². The molecule has 5 nitrogen and oxygen atoms in total. The van der Waals surface area contributed by atoms with Crippen molar-refractivity contribution >= 4 is 0 Å². The van der Waals surface area contributed by atoms with Crippen LogP contribution in [-0.2, 0) is 0 Å². The number of piperidine rings is 1. The number of pyridine rings is 1. The Morgan fingerprint density at radius 1 is 1.11 bits per heavy atom. The van der Waals surface area contributed by atoms with Gasteiger partial charge in [0.2, 0.25) is 0 Å². The summed E-state index contributed by atoms with van der Waals surface area (Å²) in [5, 5.41) is 4.35. The van der Waals surface area contributed by atoms with Crippen molar-refractivity contribution in [2.24, 2.45) is 0 Å². The van der Waals surface area contributed by atoms with E-state index >= 15 is 0 Å². The van der Waals surface area contributed by atoms with Crippen LogP contribution in [0.1, 0.15) is 38.1 Å². The normalized spacial score (nSPS) is 18.4. The number of hydrogen-bond acceptors (Lipinski definition) is 4. The molecule has 0 radical (unpaired) electrons. The van der Waals surface area contributed by atoms with E-state index in [1.807, 2.05) is 16.8 Å². The fourth-order valence-corrected chi connectivity index (χ4v) is 2.69. The molecular formula is C14H19N5. The van der Waals surface area contributed by atoms with Gasteiger partial charge in [-0.3, -0.25) is 9.88 Å². The second-order valence-electron chi connectivity index (χ2n) is 5.01. The van der Waals surface area contributed by atoms with E-state index in [-0.39, 0.29) is 0 Å². The third kappa shape index (κ3) is 2.51. The Kier molecular flexibility index (Phi) is 3.55. The van der Waals surface area contributed by atoms with Crippen LogP contribution >= 0.6 is 0 Å². The number of rotatable bonds is 3. The average molecular weight is 257 g/mol. The van der Waals surface area contributed by atoms with Gasteiger partial charge in [0.25, 0.3) is 0 Å². The third-order valence-corrected chi connectivity index (χ3v) is 3.79. The van der Waals surface area contributed by atoms with Crippen LogP contribution in [0.2, 0.25) is 0 Å². The Bertz CT molecular complexity index is 516. The Balaban J connectivity index is 1.87. The van der Waals surface area contributed by atoms with Gasteiger partial charge in [0.1, 0.15) is 12.2 Å². The van der Waals surface area contributed by atoms with E-state index in [1.165, 1.54) is 19.3 Å². The molecule has 0 unspecified atom stereocenters. The largest absolute Gasteiger partial charge is 0.294 e. The minimum Gasteiger partial charge on any atom is -0.294 e. The van der Waals surface area contributed by atoms with Crippen LogP contribution < -0.4 is 0 Å². The first-order valence-corrected chi connectivity index (χ1v) is 6.90. The van der Waals surface area contributed by atoms with E-state index in [2.05, 4.69) is 26.9 Å². The molecule has 0 aromatic carbocycles. The highest BCUT2D eigenvalue weighted by molar-refractivity contribution is 5.28. The summed E-state index contributed by atoms with van der Waals surface area (Å²) < 4.78 is 1.92. The first-order chi connectivity index (χ1) is 9.36. The molecule has 1 fully saturated rings. The molecule has 1 aliphatic rings. The minimum atomic E-state index is 0.302. The molecule has 3 rings (SSSR count). The number of likely N-dealkylation sites (tertiary alicyclic amines) is 1. The number of aromatic nitrogens is 4. The molecule has 1 saturated heterocycles. The maximum absolute atomic E-state index is 4.46. The average Bonchev–Trinajstić information content (AvgIpc) is 2.98. The summed E-state index contributed by atoms with van der Waals surface area (Å²) in [5.41, 5.74) is 1.02. The van der Waals surface area contributed by atoms with Gasteiger partial charge in [-0.1, -0.05) is 6.42 Å². The third-order valence-electron chi connectivity index (χ3n) is 3.79. The summed E-state index contributed by atoms with van der Waals surface area (Å²) in [4.78, 5) is 11.0. The van der Waals surface area contributed by atoms with Crippen molar-refractivity contribution in [2.45, 2.75) is 32.2 Å². The molecule has 100 valence electrons. The number of hydrogen-bond donors (Lipinski definition) is 0. The Morgan fingerprint density at radius 2 is 1.84 bits per heavy atom. The first-order valence-electron chi connectivity index (χ1n) is 6.90. The molecule has 19 heavy (non-hydrogen) atoms. The SMILES string of the molecule is C[C@H](c1ncnn1-c1ccncc1)N1CCCCC1. The van der Waals surface area contributed by atoms with Crippen molar-refractivity contribution < 1.29 is 0 Å². The molecule has 0 bridgehead atoms. The van der Waals surface area contributed by atoms with Crippen LogP contribution in [0.4, 0.5) is 0 Å². The maximum atomic E-state index is 4.46. The van der Waals surface area contributed by atoms with Crippen LogP contribution in [-0.4, -0.2) is 37.7 Å². The van der Waals surface area contributed by atoms with Crippen LogP contribution in [0.3, 0.4) is 0 Å². The molecule has 3 heterocycles. The molecule has 0 N–H and O–H groups in total. The zero-order valence-electron chi connectivity index (χ0n) is 11.2. The quantitative estimate of drug-likeness (QED) is 0.845. The van der Waals surface area contributed by atoms with Crippen LogP contribution in [0.5, 0.6) is 0 Å². The lowest BCUT2D eigenvalue weighted by Gasteiger charge is -2.31. The smallest absolute Gasteiger partial charge is 0.149 e. The molecule has 1 aliphatic heterocycles. The Labute approximate surface area is 113 Å². The Morgan fingerprint density at radius 3 is 2.58 bits per heavy atom. The first kappa shape index (κ1) is 12.3. The van der Waals surface area contributed by atoms with Gasteiger partial charge in [-0.15, -0.1) is 0 Å². The molecule has 1 atom stereocenters. The molecule has 0 aliphatic carbocycles. The maximum Gasteiger partial charge on any atom is 0.149 e. The van der Waals surface area contributed by atoms with Crippen molar-refractivity contribution in [3.8, 4) is 5.69 Å². The molecule has 0 spiro atoms. The van der Waals surface area contributed by atoms with Crippen molar-refractivity contribution in [3.63, 3.8) is 0 Å². The summed E-state index contributed by atoms with van der Waals surface area (Å²) in [5.74, 6) is 1.01. The highest BCUT2D eigenvalue weighted by atomic mass is 15.4. The van der Waals surface area contributed by atoms with Crippen LogP contribution in [0, 0.1) is 0 Å². The van der Waals surface area contributed by atoms with Gasteiger partial charge < -0.3 is 0 Å². The van der Waals surface area contributed by atoms with E-state index in [0.29, 0.717) is 6.04 Å². The summed E-state index contributed by atoms with van der Waals surface area (Å²) in [6.45, 7) is 4.53. The van der Waals surface area contributed by atoms with E-state index in [0.717, 1.165) is 24.6 Å². The summed E-state index contributed by atoms with van der Waals surface area (Å²) >= 11 is 0. The fourth-order valence-electron chi connectivity index (χ4n) is 2.69. The second-order valence-corrected chi connectivity index (χ2v) is 5.01. The molecule has 5 heteroatoms. The van der Waals surface area contributed by atoms with E-state index in [4.69, 9.17) is 0 Å². The molecule has 2 aromatic heterocycles. The molecule has 0 amide bonds. The van der Waals surface area contributed by atoms with Crippen molar-refractivity contribution in [3.05, 3.63) is 36.7 Å². The summed E-state index contributed by atoms with van der Waals surface area (Å²) in [7, 11) is 0. The van der Waals surface area contributed by atoms with E-state index in [1.54, 1.807) is 18.7 Å². The van der Waals surface area contributed by atoms with Crippen molar-refractivity contribution in [1.82, 2.24) is 24.6 Å². The van der Waals surface area contributed by atoms with Crippen molar-refractivity contribution in [1.29, 1.82) is 0 Å². The fraction of sp³-hybridized carbons (Fsp3) is 0.500. The van der Waals surface area contributed by atoms with Gasteiger partial charge in [-0.05, 0) is 45.0 Å². The summed E-state index contributed by atoms with van der Waals surface area (Å²) in [6, 6.07) is 4.22. The zero-order valence-corrected chi connectivity index (χ0v) is 11.2. The van der Waals surface area contributed by atoms with Gasteiger partial charge in [-0.25, -0.2) is 9.67 Å². The lowest BCUT2D eigenvalue weighted by Crippen LogP contribution is -2.33. The minimum absolute atomic E-state index is 0.302. The van der Waals surface area contributed by atoms with Gasteiger partial charge in [0.05, 0.1) is 11.7 Å². The lowest BCUT2D eigenvalue weighted by molar-refractivity contribution is 0.167.